The van der Waals surface area contributed by atoms with Gasteiger partial charge in [-0.2, -0.15) is 0 Å². The van der Waals surface area contributed by atoms with Gasteiger partial charge >= 0.3 is 0 Å². The highest BCUT2D eigenvalue weighted by atomic mass is 79.9. The molecule has 0 bridgehead atoms. The van der Waals surface area contributed by atoms with E-state index in [1.54, 1.807) is 40.6 Å². The van der Waals surface area contributed by atoms with Crippen molar-refractivity contribution in [1.29, 1.82) is 0 Å². The predicted octanol–water partition coefficient (Wildman–Crippen LogP) is 25.6. The van der Waals surface area contributed by atoms with Crippen LogP contribution in [0.2, 0.25) is 0 Å². The third-order valence-electron chi connectivity index (χ3n) is 19.0. The summed E-state index contributed by atoms with van der Waals surface area (Å²) in [5.41, 5.74) is 10.8. The number of hydrogen-bond donors (Lipinski definition) is 1. The van der Waals surface area contributed by atoms with Gasteiger partial charge in [0.1, 0.15) is 41.7 Å². The number of rotatable bonds is 44. The number of aliphatic hydroxyl groups is 1. The predicted molar refractivity (Wildman–Crippen MR) is 398 cm³/mol. The van der Waals surface area contributed by atoms with Crippen LogP contribution in [0.4, 0.5) is 0 Å². The van der Waals surface area contributed by atoms with E-state index in [4.69, 9.17) is 18.9 Å². The average molecular weight is 1320 g/mol. The van der Waals surface area contributed by atoms with E-state index in [2.05, 4.69) is 120 Å². The fourth-order valence-corrected chi connectivity index (χ4v) is 13.2. The molecule has 0 saturated heterocycles. The molecule has 0 aliphatic carbocycles. The van der Waals surface area contributed by atoms with E-state index in [9.17, 15) is 14.7 Å². The van der Waals surface area contributed by atoms with Crippen molar-refractivity contribution < 1.29 is 33.6 Å². The van der Waals surface area contributed by atoms with Crippen LogP contribution in [0, 0.1) is 94.8 Å². The molecule has 0 aliphatic heterocycles. The van der Waals surface area contributed by atoms with Gasteiger partial charge in [-0.15, -0.1) is 0 Å². The Labute approximate surface area is 566 Å². The number of carbonyl (C=O) groups is 2. The van der Waals surface area contributed by atoms with Crippen LogP contribution in [0.1, 0.15) is 322 Å². The molecule has 0 amide bonds. The first kappa shape index (κ1) is 88.7. The van der Waals surface area contributed by atoms with Crippen molar-refractivity contribution in [2.24, 2.45) is 53.3 Å². The second-order valence-corrected chi connectivity index (χ2v) is 30.2. The van der Waals surface area contributed by atoms with Gasteiger partial charge in [-0.1, -0.05) is 241 Å². The van der Waals surface area contributed by atoms with Gasteiger partial charge in [0, 0.05) is 16.7 Å². The number of methoxy groups -OCH3 is 4. The molecule has 90 heavy (non-hydrogen) atoms. The maximum absolute atomic E-state index is 11.1. The zero-order valence-corrected chi connectivity index (χ0v) is 65.1. The van der Waals surface area contributed by atoms with E-state index in [1.807, 2.05) is 47.6 Å². The number of benzene rings is 2. The number of ether oxygens (including phenoxy) is 4. The van der Waals surface area contributed by atoms with Crippen molar-refractivity contribution in [1.82, 2.24) is 0 Å². The van der Waals surface area contributed by atoms with Crippen molar-refractivity contribution >= 4 is 28.5 Å². The van der Waals surface area contributed by atoms with Gasteiger partial charge in [0.05, 0.1) is 32.9 Å². The molecule has 522 valence electrons. The van der Waals surface area contributed by atoms with Crippen LogP contribution in [0.5, 0.6) is 23.0 Å². The highest BCUT2D eigenvalue weighted by Gasteiger charge is 2.23. The molecule has 2 rings (SSSR count). The van der Waals surface area contributed by atoms with Gasteiger partial charge in [-0.25, -0.2) is 0 Å². The Morgan fingerprint density at radius 1 is 0.356 bits per heavy atom. The van der Waals surface area contributed by atoms with E-state index < -0.39 is 6.10 Å². The summed E-state index contributed by atoms with van der Waals surface area (Å²) in [6.07, 6.45) is 42.0. The summed E-state index contributed by atoms with van der Waals surface area (Å²) in [6.45, 7) is 46.7. The smallest absolute Gasteiger partial charge is 0.142 e. The lowest BCUT2D eigenvalue weighted by atomic mass is 9.91. The van der Waals surface area contributed by atoms with Crippen molar-refractivity contribution in [3.05, 3.63) is 78.4 Å². The minimum Gasteiger partial charge on any atom is -0.496 e. The fourth-order valence-electron chi connectivity index (χ4n) is 12.6. The van der Waals surface area contributed by atoms with E-state index in [0.717, 1.165) is 152 Å². The van der Waals surface area contributed by atoms with Gasteiger partial charge in [0.2, 0.25) is 0 Å². The van der Waals surface area contributed by atoms with E-state index >= 15 is 0 Å². The Kier molecular flexibility index (Phi) is 52.2. The summed E-state index contributed by atoms with van der Waals surface area (Å²) in [4.78, 5) is 20.7. The zero-order valence-electron chi connectivity index (χ0n) is 63.5. The van der Waals surface area contributed by atoms with Gasteiger partial charge in [-0.05, 0) is 204 Å². The molecule has 0 radical (unpaired) electrons. The molecule has 0 aliphatic rings. The maximum atomic E-state index is 11.1. The first-order valence-corrected chi connectivity index (χ1v) is 36.9. The normalized spacial score (nSPS) is 14.3. The van der Waals surface area contributed by atoms with Crippen LogP contribution in [0.15, 0.2) is 39.4 Å². The molecule has 7 atom stereocenters. The van der Waals surface area contributed by atoms with Crippen LogP contribution in [-0.2, 0) is 9.59 Å². The molecule has 1 N–H and O–H groups in total. The SMILES string of the molecule is C/C(=C\C=O)CCC[C@H](C)CCC[C@H](C)CCCC(C)C.CC(=CC=O)CCCC(C)CCCC(C)CCCC(C)C.COc1c(C)c(C)c(OC)c(Br)c1C.COc1c(C)c(C)c(OC)c(C(O)/C=C(\C)CCC[C@H](C)CCC[C@H](C)CCCC(C)C)c1C. The second-order valence-electron chi connectivity index (χ2n) is 29.4. The van der Waals surface area contributed by atoms with Crippen molar-refractivity contribution in [3.63, 3.8) is 0 Å². The van der Waals surface area contributed by atoms with E-state index in [-0.39, 0.29) is 0 Å². The maximum Gasteiger partial charge on any atom is 0.142 e. The van der Waals surface area contributed by atoms with Crippen molar-refractivity contribution in [2.75, 3.05) is 28.4 Å². The lowest BCUT2D eigenvalue weighted by molar-refractivity contribution is -0.104. The van der Waals surface area contributed by atoms with E-state index in [1.165, 1.54) is 171 Å². The zero-order chi connectivity index (χ0) is 68.9. The van der Waals surface area contributed by atoms with Gasteiger partial charge in [0.15, 0.2) is 0 Å². The number of carbonyl (C=O) groups excluding carboxylic acids is 2. The Bertz CT molecular complexity index is 2160. The topological polar surface area (TPSA) is 91.3 Å². The van der Waals surface area contributed by atoms with Crippen molar-refractivity contribution in [3.8, 4) is 23.0 Å². The molecular weight excluding hydrogens is 1180 g/mol. The molecule has 0 heterocycles. The summed E-state index contributed by atoms with van der Waals surface area (Å²) in [5, 5.41) is 11.1. The Morgan fingerprint density at radius 2 is 0.600 bits per heavy atom. The summed E-state index contributed by atoms with van der Waals surface area (Å²) in [7, 11) is 6.73. The second kappa shape index (κ2) is 53.0. The van der Waals surface area contributed by atoms with Crippen molar-refractivity contribution in [2.45, 2.75) is 325 Å². The minimum atomic E-state index is -0.697. The highest BCUT2D eigenvalue weighted by molar-refractivity contribution is 9.10. The van der Waals surface area contributed by atoms with Gasteiger partial charge in [0.25, 0.3) is 0 Å². The summed E-state index contributed by atoms with van der Waals surface area (Å²) < 4.78 is 23.0. The fraction of sp³-hybridized carbons (Fsp3) is 0.756. The van der Waals surface area contributed by atoms with Crippen LogP contribution in [0.25, 0.3) is 0 Å². The number of hydrogen-bond acceptors (Lipinski definition) is 7. The largest absolute Gasteiger partial charge is 0.496 e. The number of halogens is 1. The highest BCUT2D eigenvalue weighted by Crippen LogP contribution is 2.43. The number of aldehydes is 2. The van der Waals surface area contributed by atoms with E-state index in [0.29, 0.717) is 0 Å². The first-order valence-electron chi connectivity index (χ1n) is 36.1. The lowest BCUT2D eigenvalue weighted by Gasteiger charge is -2.22. The van der Waals surface area contributed by atoms with Crippen LogP contribution in [-0.4, -0.2) is 46.1 Å². The molecule has 0 fully saturated rings. The molecule has 0 spiro atoms. The molecule has 7 nitrogen and oxygen atoms in total. The quantitative estimate of drug-likeness (QED) is 0.0401. The third-order valence-corrected chi connectivity index (χ3v) is 20.0. The molecule has 8 heteroatoms. The molecular formula is C82H145BrO7. The number of aliphatic hydroxyl groups excluding tert-OH is 1. The summed E-state index contributed by atoms with van der Waals surface area (Å²) in [6, 6.07) is 0. The lowest BCUT2D eigenvalue weighted by Crippen LogP contribution is -2.07. The number of allylic oxidation sites excluding steroid dienone is 5. The third kappa shape index (κ3) is 40.7. The summed E-state index contributed by atoms with van der Waals surface area (Å²) >= 11 is 3.51. The molecule has 0 aromatic heterocycles. The minimum absolute atomic E-state index is 0.697. The molecule has 3 unspecified atom stereocenters. The average Bonchev–Trinajstić information content (AvgIpc) is 0.998. The molecule has 2 aromatic carbocycles. The van der Waals surface area contributed by atoms with Crippen LogP contribution >= 0.6 is 15.9 Å². The molecule has 0 saturated carbocycles. The Hall–Kier alpha value is -3.36. The standard InChI is InChI=1S/C31H54O3.2C20H38O.C11H15BrO2/c1-21(2)14-11-15-22(3)16-12-17-23(4)18-13-19-24(5)20-28(32)29-27(8)30(33-9)25(6)26(7)31(29)34-10;2*1-17(2)9-6-10-18(3)11-7-12-19(4)13-8-14-20(5)15-16-21;1-6-7(2)11(14-5)9(12)8(3)10(6)13-4/h20-23,28,32H,11-19H2,1-10H3;2*15-19H,6-14H2,1-5H3;1-5H3/b24-20+;20-15+;;/t22-,23-,28?;18-,19-;;/m11../s1. The molecule has 2 aromatic rings. The summed E-state index contributed by atoms with van der Waals surface area (Å²) in [5.74, 6) is 11.0. The first-order chi connectivity index (χ1) is 42.5. The Balaban J connectivity index is 0. The Morgan fingerprint density at radius 3 is 0.878 bits per heavy atom. The van der Waals surface area contributed by atoms with Gasteiger partial charge < -0.3 is 24.1 Å². The van der Waals surface area contributed by atoms with Crippen LogP contribution in [0.3, 0.4) is 0 Å². The van der Waals surface area contributed by atoms with Gasteiger partial charge in [-0.3, -0.25) is 9.59 Å². The monoisotopic (exact) mass is 1320 g/mol. The van der Waals surface area contributed by atoms with Crippen LogP contribution < -0.4 is 18.9 Å².